The van der Waals surface area contributed by atoms with E-state index in [1.165, 1.54) is 11.3 Å². The molecule has 6 heteroatoms. The fourth-order valence-electron chi connectivity index (χ4n) is 1.04. The van der Waals surface area contributed by atoms with Crippen LogP contribution in [0.5, 0.6) is 0 Å². The number of hydrogen-bond donors (Lipinski definition) is 1. The molecule has 0 bridgehead atoms. The second-order valence-electron chi connectivity index (χ2n) is 2.70. The maximum Gasteiger partial charge on any atom is 0.144 e. The molecular formula is C8H7ClN4S. The molecule has 0 radical (unpaired) electrons. The molecule has 72 valence electrons. The van der Waals surface area contributed by atoms with Crippen LogP contribution >= 0.6 is 22.9 Å². The lowest BCUT2D eigenvalue weighted by atomic mass is 10.4. The molecule has 0 aliphatic heterocycles. The molecule has 0 saturated carbocycles. The third kappa shape index (κ3) is 1.83. The molecule has 0 fully saturated rings. The van der Waals surface area contributed by atoms with Crippen molar-refractivity contribution in [1.29, 1.82) is 0 Å². The van der Waals surface area contributed by atoms with E-state index in [1.807, 2.05) is 0 Å². The molecule has 0 unspecified atom stereocenters. The van der Waals surface area contributed by atoms with Gasteiger partial charge in [0.05, 0.1) is 0 Å². The summed E-state index contributed by atoms with van der Waals surface area (Å²) in [5.74, 6) is 1.12. The molecule has 0 amide bonds. The van der Waals surface area contributed by atoms with Gasteiger partial charge in [0.15, 0.2) is 0 Å². The summed E-state index contributed by atoms with van der Waals surface area (Å²) in [5.41, 5.74) is 6.23. The number of hydrogen-bond acceptors (Lipinski definition) is 5. The maximum absolute atomic E-state index is 5.80. The van der Waals surface area contributed by atoms with Crippen molar-refractivity contribution in [2.45, 2.75) is 6.92 Å². The topological polar surface area (TPSA) is 64.7 Å². The van der Waals surface area contributed by atoms with Gasteiger partial charge in [-0.2, -0.15) is 0 Å². The molecule has 4 nitrogen and oxygen atoms in total. The van der Waals surface area contributed by atoms with Crippen molar-refractivity contribution in [1.82, 2.24) is 15.0 Å². The molecule has 2 rings (SSSR count). The van der Waals surface area contributed by atoms with Crippen LogP contribution in [0.25, 0.3) is 10.7 Å². The SMILES string of the molecule is Cc1nc(Cl)cc(-c2nc(N)cs2)n1. The fourth-order valence-corrected chi connectivity index (χ4v) is 1.94. The van der Waals surface area contributed by atoms with Crippen LogP contribution in [-0.4, -0.2) is 15.0 Å². The minimum absolute atomic E-state index is 0.418. The third-order valence-corrected chi connectivity index (χ3v) is 2.62. The van der Waals surface area contributed by atoms with Crippen LogP contribution in [-0.2, 0) is 0 Å². The van der Waals surface area contributed by atoms with Gasteiger partial charge < -0.3 is 5.73 Å². The van der Waals surface area contributed by atoms with Gasteiger partial charge in [-0.3, -0.25) is 0 Å². The van der Waals surface area contributed by atoms with Gasteiger partial charge in [0.25, 0.3) is 0 Å². The second-order valence-corrected chi connectivity index (χ2v) is 3.95. The van der Waals surface area contributed by atoms with Crippen molar-refractivity contribution in [3.63, 3.8) is 0 Å². The fraction of sp³-hybridized carbons (Fsp3) is 0.125. The molecule has 2 aromatic heterocycles. The highest BCUT2D eigenvalue weighted by Gasteiger charge is 2.06. The summed E-state index contributed by atoms with van der Waals surface area (Å²) in [4.78, 5) is 12.3. The summed E-state index contributed by atoms with van der Waals surface area (Å²) in [5, 5.41) is 2.94. The number of nitrogens with zero attached hydrogens (tertiary/aromatic N) is 3. The summed E-state index contributed by atoms with van der Waals surface area (Å²) >= 11 is 7.24. The number of aryl methyl sites for hydroxylation is 1. The summed E-state index contributed by atoms with van der Waals surface area (Å²) in [6, 6.07) is 1.67. The van der Waals surface area contributed by atoms with Crippen LogP contribution in [0, 0.1) is 6.92 Å². The van der Waals surface area contributed by atoms with E-state index < -0.39 is 0 Å². The Morgan fingerprint density at radius 2 is 2.14 bits per heavy atom. The summed E-state index contributed by atoms with van der Waals surface area (Å²) < 4.78 is 0. The standard InChI is InChI=1S/C8H7ClN4S/c1-4-11-5(2-6(9)12-4)8-13-7(10)3-14-8/h2-3H,10H2,1H3. The van der Waals surface area contributed by atoms with E-state index in [0.29, 0.717) is 22.5 Å². The van der Waals surface area contributed by atoms with Gasteiger partial charge in [0.2, 0.25) is 0 Å². The van der Waals surface area contributed by atoms with Crippen LogP contribution in [0.2, 0.25) is 5.15 Å². The Hall–Kier alpha value is -1.20. The Balaban J connectivity index is 2.51. The third-order valence-electron chi connectivity index (χ3n) is 1.55. The van der Waals surface area contributed by atoms with Gasteiger partial charge in [-0.25, -0.2) is 15.0 Å². The molecule has 0 aliphatic carbocycles. The van der Waals surface area contributed by atoms with Crippen LogP contribution in [0.3, 0.4) is 0 Å². The Labute approximate surface area is 89.8 Å². The summed E-state index contributed by atoms with van der Waals surface area (Å²) in [6.07, 6.45) is 0. The molecule has 0 aliphatic rings. The van der Waals surface area contributed by atoms with E-state index in [1.54, 1.807) is 18.4 Å². The molecule has 2 heterocycles. The Kier molecular flexibility index (Phi) is 2.35. The maximum atomic E-state index is 5.80. The highest BCUT2D eigenvalue weighted by atomic mass is 35.5. The summed E-state index contributed by atoms with van der Waals surface area (Å²) in [7, 11) is 0. The molecule has 14 heavy (non-hydrogen) atoms. The predicted molar refractivity (Wildman–Crippen MR) is 57.3 cm³/mol. The number of nitrogen functional groups attached to an aromatic ring is 1. The van der Waals surface area contributed by atoms with Crippen molar-refractivity contribution >= 4 is 28.8 Å². The number of nitrogens with two attached hydrogens (primary N) is 1. The minimum atomic E-state index is 0.418. The zero-order valence-electron chi connectivity index (χ0n) is 7.36. The predicted octanol–water partition coefficient (Wildman–Crippen LogP) is 2.14. The first kappa shape index (κ1) is 9.36. The van der Waals surface area contributed by atoms with Crippen LogP contribution in [0.4, 0.5) is 5.82 Å². The summed E-state index contributed by atoms with van der Waals surface area (Å²) in [6.45, 7) is 1.78. The van der Waals surface area contributed by atoms with Gasteiger partial charge in [-0.15, -0.1) is 11.3 Å². The molecule has 0 atom stereocenters. The number of thiazole rings is 1. The van der Waals surface area contributed by atoms with E-state index in [0.717, 1.165) is 5.01 Å². The molecule has 0 aromatic carbocycles. The van der Waals surface area contributed by atoms with Crippen molar-refractivity contribution < 1.29 is 0 Å². The van der Waals surface area contributed by atoms with Gasteiger partial charge in [0, 0.05) is 11.4 Å². The van der Waals surface area contributed by atoms with Crippen molar-refractivity contribution in [3.05, 3.63) is 22.4 Å². The number of halogens is 1. The monoisotopic (exact) mass is 226 g/mol. The lowest BCUT2D eigenvalue weighted by Crippen LogP contribution is -1.91. The number of rotatable bonds is 1. The Bertz CT molecular complexity index is 448. The zero-order valence-corrected chi connectivity index (χ0v) is 8.93. The molecule has 0 saturated heterocycles. The first-order valence-corrected chi connectivity index (χ1v) is 5.13. The first-order valence-electron chi connectivity index (χ1n) is 3.88. The number of anilines is 1. The van der Waals surface area contributed by atoms with Crippen LogP contribution in [0.1, 0.15) is 5.82 Å². The van der Waals surface area contributed by atoms with Crippen molar-refractivity contribution in [2.75, 3.05) is 5.73 Å². The van der Waals surface area contributed by atoms with Gasteiger partial charge >= 0.3 is 0 Å². The van der Waals surface area contributed by atoms with E-state index in [-0.39, 0.29) is 0 Å². The first-order chi connectivity index (χ1) is 6.65. The van der Waals surface area contributed by atoms with Gasteiger partial charge in [0.1, 0.15) is 27.5 Å². The number of aromatic nitrogens is 3. The van der Waals surface area contributed by atoms with Crippen molar-refractivity contribution in [2.24, 2.45) is 0 Å². The second kappa shape index (κ2) is 3.51. The molecular weight excluding hydrogens is 220 g/mol. The Morgan fingerprint density at radius 1 is 1.36 bits per heavy atom. The average Bonchev–Trinajstić information content (AvgIpc) is 2.50. The molecule has 2 N–H and O–H groups in total. The van der Waals surface area contributed by atoms with E-state index in [9.17, 15) is 0 Å². The highest BCUT2D eigenvalue weighted by Crippen LogP contribution is 2.24. The molecule has 2 aromatic rings. The smallest absolute Gasteiger partial charge is 0.144 e. The largest absolute Gasteiger partial charge is 0.383 e. The highest BCUT2D eigenvalue weighted by molar-refractivity contribution is 7.13. The Morgan fingerprint density at radius 3 is 2.71 bits per heavy atom. The van der Waals surface area contributed by atoms with E-state index >= 15 is 0 Å². The lowest BCUT2D eigenvalue weighted by molar-refractivity contribution is 1.06. The van der Waals surface area contributed by atoms with Crippen LogP contribution in [0.15, 0.2) is 11.4 Å². The quantitative estimate of drug-likeness (QED) is 0.757. The van der Waals surface area contributed by atoms with Crippen molar-refractivity contribution in [3.8, 4) is 10.7 Å². The van der Waals surface area contributed by atoms with E-state index in [4.69, 9.17) is 17.3 Å². The molecule has 0 spiro atoms. The average molecular weight is 227 g/mol. The van der Waals surface area contributed by atoms with Gasteiger partial charge in [-0.1, -0.05) is 11.6 Å². The van der Waals surface area contributed by atoms with E-state index in [2.05, 4.69) is 15.0 Å². The minimum Gasteiger partial charge on any atom is -0.383 e. The van der Waals surface area contributed by atoms with Crippen LogP contribution < -0.4 is 5.73 Å². The lowest BCUT2D eigenvalue weighted by Gasteiger charge is -1.97. The normalized spacial score (nSPS) is 10.4. The zero-order chi connectivity index (χ0) is 10.1. The van der Waals surface area contributed by atoms with Gasteiger partial charge in [-0.05, 0) is 6.92 Å².